The summed E-state index contributed by atoms with van der Waals surface area (Å²) in [5, 5.41) is 2.87. The molecule has 3 heterocycles. The molecule has 1 aromatic carbocycles. The van der Waals surface area contributed by atoms with Crippen LogP contribution in [-0.4, -0.2) is 45.5 Å². The first-order valence-electron chi connectivity index (χ1n) is 12.9. The zero-order valence-electron chi connectivity index (χ0n) is 22.2. The molecule has 39 heavy (non-hydrogen) atoms. The Morgan fingerprint density at radius 3 is 2.54 bits per heavy atom. The quantitative estimate of drug-likeness (QED) is 0.585. The van der Waals surface area contributed by atoms with Gasteiger partial charge >= 0.3 is 6.18 Å². The molecule has 1 saturated carbocycles. The van der Waals surface area contributed by atoms with Gasteiger partial charge in [-0.1, -0.05) is 38.1 Å². The third kappa shape index (κ3) is 4.94. The van der Waals surface area contributed by atoms with Crippen LogP contribution >= 0.6 is 0 Å². The number of pyridine rings is 1. The van der Waals surface area contributed by atoms with Crippen LogP contribution in [0.15, 0.2) is 53.8 Å². The number of nitrogens with one attached hydrogen (secondary N) is 1. The van der Waals surface area contributed by atoms with Gasteiger partial charge in [-0.15, -0.1) is 0 Å². The molecule has 5 rings (SSSR count). The van der Waals surface area contributed by atoms with Gasteiger partial charge in [0.25, 0.3) is 0 Å². The number of amides is 2. The van der Waals surface area contributed by atoms with Gasteiger partial charge in [-0.3, -0.25) is 19.5 Å². The summed E-state index contributed by atoms with van der Waals surface area (Å²) in [6.07, 6.45) is -3.66. The van der Waals surface area contributed by atoms with Crippen LogP contribution in [-0.2, 0) is 9.59 Å². The number of carbonyl (C=O) groups is 2. The number of rotatable bonds is 5. The van der Waals surface area contributed by atoms with Gasteiger partial charge in [-0.05, 0) is 37.0 Å². The smallest absolute Gasteiger partial charge is 0.425 e. The Hall–Kier alpha value is -3.63. The summed E-state index contributed by atoms with van der Waals surface area (Å²) in [5.41, 5.74) is 6.28. The van der Waals surface area contributed by atoms with Crippen molar-refractivity contribution in [3.8, 4) is 5.75 Å². The number of benzene rings is 1. The molecule has 11 heteroatoms. The highest BCUT2D eigenvalue weighted by atomic mass is 19.4. The van der Waals surface area contributed by atoms with Crippen LogP contribution in [0, 0.1) is 17.3 Å². The fourth-order valence-electron chi connectivity index (χ4n) is 6.14. The van der Waals surface area contributed by atoms with E-state index in [0.29, 0.717) is 11.1 Å². The number of fused-ring (bicyclic) bond motifs is 1. The van der Waals surface area contributed by atoms with Crippen LogP contribution in [0.25, 0.3) is 0 Å². The molecular weight excluding hydrogens is 511 g/mol. The lowest BCUT2D eigenvalue weighted by Crippen LogP contribution is -2.52. The average Bonchev–Trinajstić information content (AvgIpc) is 3.41. The van der Waals surface area contributed by atoms with Crippen LogP contribution < -0.4 is 15.8 Å². The zero-order valence-corrected chi connectivity index (χ0v) is 22.2. The minimum Gasteiger partial charge on any atom is -0.480 e. The summed E-state index contributed by atoms with van der Waals surface area (Å²) in [6.45, 7) is 7.47. The first-order valence-corrected chi connectivity index (χ1v) is 12.9. The molecule has 0 radical (unpaired) electrons. The van der Waals surface area contributed by atoms with Crippen molar-refractivity contribution in [1.82, 2.24) is 15.2 Å². The highest BCUT2D eigenvalue weighted by molar-refractivity contribution is 5.99. The third-order valence-corrected chi connectivity index (χ3v) is 8.05. The lowest BCUT2D eigenvalue weighted by molar-refractivity contribution is -0.201. The van der Waals surface area contributed by atoms with E-state index < -0.39 is 47.7 Å². The van der Waals surface area contributed by atoms with E-state index >= 15 is 0 Å². The van der Waals surface area contributed by atoms with Gasteiger partial charge < -0.3 is 15.8 Å². The molecule has 0 saturated heterocycles. The number of carbonyl (C=O) groups excluding carboxylic acids is 2. The molecule has 2 aliphatic heterocycles. The maximum absolute atomic E-state index is 13.7. The normalized spacial score (nSPS) is 28.0. The number of guanidine groups is 1. The van der Waals surface area contributed by atoms with Crippen LogP contribution in [0.1, 0.15) is 63.7 Å². The predicted molar refractivity (Wildman–Crippen MR) is 137 cm³/mol. The van der Waals surface area contributed by atoms with E-state index in [2.05, 4.69) is 15.3 Å². The van der Waals surface area contributed by atoms with E-state index in [9.17, 15) is 22.8 Å². The molecular formula is C28H32F3N5O3. The van der Waals surface area contributed by atoms with Crippen LogP contribution in [0.2, 0.25) is 0 Å². The number of aliphatic imine (C=N–C) groups is 1. The van der Waals surface area contributed by atoms with Gasteiger partial charge in [-0.2, -0.15) is 13.2 Å². The third-order valence-electron chi connectivity index (χ3n) is 8.05. The number of alkyl halides is 3. The second-order valence-corrected chi connectivity index (χ2v) is 11.8. The molecule has 3 N–H and O–H groups in total. The topological polar surface area (TPSA) is 110 Å². The number of halogens is 3. The van der Waals surface area contributed by atoms with Gasteiger partial charge in [0.1, 0.15) is 5.75 Å². The lowest BCUT2D eigenvalue weighted by Gasteiger charge is -2.38. The van der Waals surface area contributed by atoms with E-state index in [-0.39, 0.29) is 35.9 Å². The number of nitrogens with zero attached hydrogens (tertiary/aromatic N) is 3. The van der Waals surface area contributed by atoms with E-state index in [1.807, 2.05) is 33.8 Å². The van der Waals surface area contributed by atoms with Crippen molar-refractivity contribution in [3.05, 3.63) is 59.9 Å². The van der Waals surface area contributed by atoms with Crippen molar-refractivity contribution >= 4 is 17.8 Å². The van der Waals surface area contributed by atoms with Crippen LogP contribution in [0.5, 0.6) is 5.75 Å². The highest BCUT2D eigenvalue weighted by Crippen LogP contribution is 2.65. The molecule has 0 bridgehead atoms. The molecule has 1 fully saturated rings. The molecule has 2 amide bonds. The van der Waals surface area contributed by atoms with Crippen molar-refractivity contribution in [3.63, 3.8) is 0 Å². The Bertz CT molecular complexity index is 1310. The van der Waals surface area contributed by atoms with Gasteiger partial charge in [0.05, 0.1) is 24.0 Å². The van der Waals surface area contributed by atoms with Crippen molar-refractivity contribution in [1.29, 1.82) is 0 Å². The Balaban J connectivity index is 1.46. The summed E-state index contributed by atoms with van der Waals surface area (Å²) < 4.78 is 46.1. The predicted octanol–water partition coefficient (Wildman–Crippen LogP) is 4.29. The van der Waals surface area contributed by atoms with E-state index in [0.717, 1.165) is 0 Å². The van der Waals surface area contributed by atoms with Crippen molar-refractivity contribution in [2.75, 3.05) is 0 Å². The largest absolute Gasteiger partial charge is 0.480 e. The molecule has 2 aromatic rings. The zero-order chi connectivity index (χ0) is 28.3. The first-order chi connectivity index (χ1) is 18.2. The summed E-state index contributed by atoms with van der Waals surface area (Å²) >= 11 is 0. The Morgan fingerprint density at radius 2 is 1.90 bits per heavy atom. The molecule has 0 spiro atoms. The molecule has 8 nitrogen and oxygen atoms in total. The fourth-order valence-corrected chi connectivity index (χ4v) is 6.14. The average molecular weight is 544 g/mol. The molecule has 208 valence electrons. The van der Waals surface area contributed by atoms with E-state index in [1.165, 1.54) is 11.0 Å². The lowest BCUT2D eigenvalue weighted by atomic mass is 9.93. The van der Waals surface area contributed by atoms with E-state index in [4.69, 9.17) is 10.5 Å². The highest BCUT2D eigenvalue weighted by Gasteiger charge is 2.67. The van der Waals surface area contributed by atoms with Gasteiger partial charge in [0, 0.05) is 36.2 Å². The van der Waals surface area contributed by atoms with Gasteiger partial charge in [0.2, 0.25) is 11.8 Å². The summed E-state index contributed by atoms with van der Waals surface area (Å²) in [6, 6.07) is 8.49. The second-order valence-electron chi connectivity index (χ2n) is 11.8. The Morgan fingerprint density at radius 1 is 1.18 bits per heavy atom. The second kappa shape index (κ2) is 9.24. The maximum Gasteiger partial charge on any atom is 0.425 e. The van der Waals surface area contributed by atoms with Crippen molar-refractivity contribution in [2.45, 2.75) is 70.4 Å². The first kappa shape index (κ1) is 27.0. The maximum atomic E-state index is 13.7. The number of ether oxygens (including phenoxy) is 1. The standard InChI is InChI=1S/C28H32F3N5O3/c1-26(2)13-20(37)36(25(32)35-26)23(15-8-7-11-33-14-15)21-22(27(21,3)4)24(38)34-17-12-19(28(29,30)31)39-18-10-6-5-9-16(17)18/h5-11,14,17,19,21-23H,12-13H2,1-4H3,(H2,32,35)(H,34,38)/t17-,19+,21+,22+,23-/m0/s1. The van der Waals surface area contributed by atoms with Gasteiger partial charge in [0.15, 0.2) is 12.1 Å². The molecule has 3 aliphatic rings. The minimum atomic E-state index is -4.58. The van der Waals surface area contributed by atoms with E-state index in [1.54, 1.807) is 36.7 Å². The fraction of sp³-hybridized carbons (Fsp3) is 0.500. The molecule has 1 aromatic heterocycles. The van der Waals surface area contributed by atoms with Crippen molar-refractivity contribution in [2.24, 2.45) is 28.0 Å². The Kier molecular flexibility index (Phi) is 6.38. The summed E-state index contributed by atoms with van der Waals surface area (Å²) in [7, 11) is 0. The Labute approximate surface area is 224 Å². The van der Waals surface area contributed by atoms with Crippen LogP contribution in [0.3, 0.4) is 0 Å². The molecule has 1 aliphatic carbocycles. The summed E-state index contributed by atoms with van der Waals surface area (Å²) in [5.74, 6) is -1.41. The minimum absolute atomic E-state index is 0.0679. The SMILES string of the molecule is CC1(C)CC(=O)N([C@@H](c2cccnc2)[C@H]2[C@H](C(=O)N[C@H]3C[C@H](C(F)(F)F)Oc4ccccc43)C2(C)C)C(N)=N1. The van der Waals surface area contributed by atoms with Gasteiger partial charge in [-0.25, -0.2) is 4.99 Å². The van der Waals surface area contributed by atoms with Crippen molar-refractivity contribution < 1.29 is 27.5 Å². The number of hydrogen-bond donors (Lipinski definition) is 2. The van der Waals surface area contributed by atoms with Crippen LogP contribution in [0.4, 0.5) is 13.2 Å². The monoisotopic (exact) mass is 543 g/mol. The number of nitrogens with two attached hydrogens (primary N) is 1. The number of aromatic nitrogens is 1. The summed E-state index contributed by atoms with van der Waals surface area (Å²) in [4.78, 5) is 37.3. The molecule has 0 unspecified atom stereocenters. The number of para-hydroxylation sites is 1. The molecule has 5 atom stereocenters. The number of hydrogen-bond acceptors (Lipinski definition) is 6.